The molecule has 5 nitrogen and oxygen atoms in total. The lowest BCUT2D eigenvalue weighted by atomic mass is 10.2. The summed E-state index contributed by atoms with van der Waals surface area (Å²) in [5.41, 5.74) is 2.76. The van der Waals surface area contributed by atoms with Crippen molar-refractivity contribution in [3.05, 3.63) is 65.5 Å². The standard InChI is InChI=1S/C21H27FN4O/c1-3-6-20(27)26-19-8-5-7-17(13-19)15-25-21(23-4-2)24-14-16-9-11-18(22)12-10-16/h5,7-13H,3-4,6,14-15H2,1-2H3,(H,26,27)(H2,23,24,25). The van der Waals surface area contributed by atoms with Crippen LogP contribution in [0.15, 0.2) is 53.5 Å². The first-order chi connectivity index (χ1) is 13.1. The first-order valence-electron chi connectivity index (χ1n) is 9.26. The van der Waals surface area contributed by atoms with Crippen LogP contribution in [0.3, 0.4) is 0 Å². The Kier molecular flexibility index (Phi) is 8.29. The highest BCUT2D eigenvalue weighted by molar-refractivity contribution is 5.90. The number of carbonyl (C=O) groups is 1. The number of anilines is 1. The number of carbonyl (C=O) groups excluding carboxylic acids is 1. The molecule has 0 bridgehead atoms. The molecule has 0 fully saturated rings. The molecule has 0 unspecified atom stereocenters. The highest BCUT2D eigenvalue weighted by Gasteiger charge is 2.03. The van der Waals surface area contributed by atoms with E-state index in [1.807, 2.05) is 38.1 Å². The molecular weight excluding hydrogens is 343 g/mol. The van der Waals surface area contributed by atoms with Gasteiger partial charge in [-0.2, -0.15) is 0 Å². The van der Waals surface area contributed by atoms with Crippen molar-refractivity contribution in [2.75, 3.05) is 11.9 Å². The fourth-order valence-electron chi connectivity index (χ4n) is 2.50. The van der Waals surface area contributed by atoms with E-state index in [2.05, 4.69) is 20.9 Å². The van der Waals surface area contributed by atoms with Crippen LogP contribution >= 0.6 is 0 Å². The summed E-state index contributed by atoms with van der Waals surface area (Å²) in [6.07, 6.45) is 1.34. The van der Waals surface area contributed by atoms with Crippen molar-refractivity contribution in [3.63, 3.8) is 0 Å². The molecule has 3 N–H and O–H groups in total. The second-order valence-electron chi connectivity index (χ2n) is 6.17. The van der Waals surface area contributed by atoms with Gasteiger partial charge in [0.1, 0.15) is 5.82 Å². The minimum Gasteiger partial charge on any atom is -0.357 e. The van der Waals surface area contributed by atoms with E-state index in [4.69, 9.17) is 0 Å². The van der Waals surface area contributed by atoms with E-state index in [1.165, 1.54) is 12.1 Å². The number of nitrogens with one attached hydrogen (secondary N) is 3. The van der Waals surface area contributed by atoms with Crippen LogP contribution in [0.1, 0.15) is 37.8 Å². The molecule has 144 valence electrons. The predicted molar refractivity (Wildman–Crippen MR) is 108 cm³/mol. The van der Waals surface area contributed by atoms with Crippen LogP contribution in [-0.2, 0) is 17.9 Å². The summed E-state index contributed by atoms with van der Waals surface area (Å²) in [6, 6.07) is 14.1. The van der Waals surface area contributed by atoms with Crippen LogP contribution in [0.25, 0.3) is 0 Å². The molecule has 0 spiro atoms. The molecule has 0 saturated carbocycles. The number of halogens is 1. The van der Waals surface area contributed by atoms with Gasteiger partial charge in [0.05, 0.1) is 6.54 Å². The van der Waals surface area contributed by atoms with E-state index in [9.17, 15) is 9.18 Å². The van der Waals surface area contributed by atoms with E-state index >= 15 is 0 Å². The average Bonchev–Trinajstić information content (AvgIpc) is 2.66. The van der Waals surface area contributed by atoms with Gasteiger partial charge < -0.3 is 16.0 Å². The highest BCUT2D eigenvalue weighted by atomic mass is 19.1. The zero-order valence-electron chi connectivity index (χ0n) is 15.9. The molecular formula is C21H27FN4O. The number of benzene rings is 2. The molecule has 0 aliphatic rings. The third-order valence-corrected chi connectivity index (χ3v) is 3.82. The molecule has 0 radical (unpaired) electrons. The first kappa shape index (κ1) is 20.4. The summed E-state index contributed by atoms with van der Waals surface area (Å²) in [5.74, 6) is 0.458. The molecule has 1 amide bonds. The molecule has 2 aromatic carbocycles. The van der Waals surface area contributed by atoms with Gasteiger partial charge in [-0.05, 0) is 48.7 Å². The zero-order valence-corrected chi connectivity index (χ0v) is 15.9. The quantitative estimate of drug-likeness (QED) is 0.489. The van der Waals surface area contributed by atoms with E-state index < -0.39 is 0 Å². The zero-order chi connectivity index (χ0) is 19.5. The van der Waals surface area contributed by atoms with Gasteiger partial charge in [0, 0.05) is 25.2 Å². The van der Waals surface area contributed by atoms with E-state index in [0.717, 1.165) is 29.8 Å². The molecule has 6 heteroatoms. The maximum atomic E-state index is 13.0. The Balaban J connectivity index is 1.97. The summed E-state index contributed by atoms with van der Waals surface area (Å²) >= 11 is 0. The van der Waals surface area contributed by atoms with Gasteiger partial charge >= 0.3 is 0 Å². The van der Waals surface area contributed by atoms with Crippen molar-refractivity contribution >= 4 is 17.6 Å². The van der Waals surface area contributed by atoms with Crippen LogP contribution < -0.4 is 16.0 Å². The monoisotopic (exact) mass is 370 g/mol. The van der Waals surface area contributed by atoms with Crippen molar-refractivity contribution in [2.24, 2.45) is 4.99 Å². The predicted octanol–water partition coefficient (Wildman–Crippen LogP) is 3.82. The third-order valence-electron chi connectivity index (χ3n) is 3.82. The van der Waals surface area contributed by atoms with Crippen molar-refractivity contribution < 1.29 is 9.18 Å². The summed E-state index contributed by atoms with van der Waals surface area (Å²) in [7, 11) is 0. The van der Waals surface area contributed by atoms with Crippen molar-refractivity contribution in [3.8, 4) is 0 Å². The van der Waals surface area contributed by atoms with E-state index in [0.29, 0.717) is 25.5 Å². The summed E-state index contributed by atoms with van der Waals surface area (Å²) in [6.45, 7) is 5.75. The fraction of sp³-hybridized carbons (Fsp3) is 0.333. The van der Waals surface area contributed by atoms with Gasteiger partial charge in [-0.3, -0.25) is 4.79 Å². The van der Waals surface area contributed by atoms with Gasteiger partial charge in [-0.25, -0.2) is 9.38 Å². The van der Waals surface area contributed by atoms with E-state index in [-0.39, 0.29) is 11.7 Å². The number of amides is 1. The molecule has 27 heavy (non-hydrogen) atoms. The Labute approximate surface area is 160 Å². The molecule has 0 heterocycles. The second kappa shape index (κ2) is 11.0. The topological polar surface area (TPSA) is 65.5 Å². The normalized spacial score (nSPS) is 11.1. The summed E-state index contributed by atoms with van der Waals surface area (Å²) in [4.78, 5) is 16.3. The van der Waals surface area contributed by atoms with Gasteiger partial charge in [0.15, 0.2) is 5.96 Å². The Morgan fingerprint density at radius 3 is 2.52 bits per heavy atom. The number of hydrogen-bond acceptors (Lipinski definition) is 2. The Morgan fingerprint density at radius 2 is 1.81 bits per heavy atom. The highest BCUT2D eigenvalue weighted by Crippen LogP contribution is 2.12. The molecule has 0 aliphatic heterocycles. The Hall–Kier alpha value is -2.89. The van der Waals surface area contributed by atoms with Crippen molar-refractivity contribution in [2.45, 2.75) is 39.8 Å². The first-order valence-corrected chi connectivity index (χ1v) is 9.26. The number of nitrogens with zero attached hydrogens (tertiary/aromatic N) is 1. The minimum absolute atomic E-state index is 0.0208. The molecule has 0 atom stereocenters. The van der Waals surface area contributed by atoms with Crippen molar-refractivity contribution in [1.29, 1.82) is 0 Å². The van der Waals surface area contributed by atoms with Gasteiger partial charge in [0.25, 0.3) is 0 Å². The lowest BCUT2D eigenvalue weighted by Gasteiger charge is -2.12. The molecule has 0 aromatic heterocycles. The van der Waals surface area contributed by atoms with Crippen LogP contribution in [-0.4, -0.2) is 18.4 Å². The average molecular weight is 370 g/mol. The Bertz CT molecular complexity index is 759. The molecule has 0 saturated heterocycles. The van der Waals surface area contributed by atoms with Crippen LogP contribution in [0.2, 0.25) is 0 Å². The Morgan fingerprint density at radius 1 is 1.04 bits per heavy atom. The SMILES string of the molecule is CCCC(=O)Nc1cccc(CN=C(NCC)NCc2ccc(F)cc2)c1. The molecule has 2 rings (SSSR count). The number of aliphatic imine (C=N–C) groups is 1. The van der Waals surface area contributed by atoms with E-state index in [1.54, 1.807) is 12.1 Å². The van der Waals surface area contributed by atoms with Gasteiger partial charge in [-0.15, -0.1) is 0 Å². The summed E-state index contributed by atoms with van der Waals surface area (Å²) in [5, 5.41) is 9.33. The maximum absolute atomic E-state index is 13.0. The second-order valence-corrected chi connectivity index (χ2v) is 6.17. The van der Waals surface area contributed by atoms with Crippen LogP contribution in [0.5, 0.6) is 0 Å². The summed E-state index contributed by atoms with van der Waals surface area (Å²) < 4.78 is 13.0. The minimum atomic E-state index is -0.245. The third kappa shape index (κ3) is 7.48. The van der Waals surface area contributed by atoms with Crippen LogP contribution in [0.4, 0.5) is 10.1 Å². The van der Waals surface area contributed by atoms with Crippen LogP contribution in [0, 0.1) is 5.82 Å². The lowest BCUT2D eigenvalue weighted by Crippen LogP contribution is -2.36. The number of guanidine groups is 1. The van der Waals surface area contributed by atoms with Gasteiger partial charge in [-0.1, -0.05) is 31.2 Å². The van der Waals surface area contributed by atoms with Gasteiger partial charge in [0.2, 0.25) is 5.91 Å². The largest absolute Gasteiger partial charge is 0.357 e. The lowest BCUT2D eigenvalue weighted by molar-refractivity contribution is -0.116. The maximum Gasteiger partial charge on any atom is 0.224 e. The molecule has 0 aliphatic carbocycles. The van der Waals surface area contributed by atoms with Crippen molar-refractivity contribution in [1.82, 2.24) is 10.6 Å². The number of rotatable bonds is 8. The smallest absolute Gasteiger partial charge is 0.224 e. The molecule has 2 aromatic rings. The fourth-order valence-corrected chi connectivity index (χ4v) is 2.50. The number of hydrogen-bond donors (Lipinski definition) is 3.